The molecule has 2 atom stereocenters. The SMILES string of the molecule is CCOC(=O)[C@H](O)[C@@H](Sc1ccccc1)c1ccccc1. The third kappa shape index (κ3) is 4.34. The number of esters is 1. The standard InChI is InChI=1S/C17H18O3S/c1-2-20-17(19)15(18)16(13-9-5-3-6-10-13)21-14-11-7-4-8-12-14/h3-12,15-16,18H,2H2,1H3/t15-,16+/m1/s1. The molecule has 1 N–H and O–H groups in total. The van der Waals surface area contributed by atoms with E-state index in [2.05, 4.69) is 0 Å². The minimum absolute atomic E-state index is 0.257. The molecular weight excluding hydrogens is 284 g/mol. The van der Waals surface area contributed by atoms with Gasteiger partial charge in [-0.2, -0.15) is 0 Å². The second-order valence-electron chi connectivity index (χ2n) is 4.46. The molecule has 0 aliphatic heterocycles. The number of ether oxygens (including phenoxy) is 1. The Morgan fingerprint density at radius 3 is 2.24 bits per heavy atom. The maximum Gasteiger partial charge on any atom is 0.336 e. The Balaban J connectivity index is 2.24. The summed E-state index contributed by atoms with van der Waals surface area (Å²) in [6, 6.07) is 19.2. The Hall–Kier alpha value is -1.78. The summed E-state index contributed by atoms with van der Waals surface area (Å²) in [4.78, 5) is 12.9. The van der Waals surface area contributed by atoms with Crippen molar-refractivity contribution in [2.45, 2.75) is 23.2 Å². The summed E-state index contributed by atoms with van der Waals surface area (Å²) < 4.78 is 4.94. The molecule has 0 aromatic heterocycles. The van der Waals surface area contributed by atoms with Gasteiger partial charge in [0, 0.05) is 4.90 Å². The van der Waals surface area contributed by atoms with Crippen LogP contribution in [0.1, 0.15) is 17.7 Å². The normalized spacial score (nSPS) is 13.4. The number of carbonyl (C=O) groups is 1. The summed E-state index contributed by atoms with van der Waals surface area (Å²) in [5.74, 6) is -0.588. The number of thioether (sulfide) groups is 1. The molecule has 0 aliphatic carbocycles. The molecule has 0 saturated heterocycles. The molecule has 3 nitrogen and oxygen atoms in total. The number of rotatable bonds is 6. The monoisotopic (exact) mass is 302 g/mol. The highest BCUT2D eigenvalue weighted by molar-refractivity contribution is 7.99. The Morgan fingerprint density at radius 2 is 1.67 bits per heavy atom. The van der Waals surface area contributed by atoms with Crippen molar-refractivity contribution >= 4 is 17.7 Å². The zero-order valence-corrected chi connectivity index (χ0v) is 12.6. The zero-order chi connectivity index (χ0) is 15.1. The summed E-state index contributed by atoms with van der Waals surface area (Å²) >= 11 is 1.45. The van der Waals surface area contributed by atoms with Crippen LogP contribution in [0.4, 0.5) is 0 Å². The van der Waals surface area contributed by atoms with Crippen LogP contribution in [-0.4, -0.2) is 23.8 Å². The first-order chi connectivity index (χ1) is 10.2. The van der Waals surface area contributed by atoms with E-state index in [1.807, 2.05) is 60.7 Å². The largest absolute Gasteiger partial charge is 0.464 e. The van der Waals surface area contributed by atoms with Gasteiger partial charge in [-0.1, -0.05) is 48.5 Å². The first-order valence-corrected chi connectivity index (χ1v) is 7.71. The molecule has 4 heteroatoms. The smallest absolute Gasteiger partial charge is 0.336 e. The molecule has 0 radical (unpaired) electrons. The fraction of sp³-hybridized carbons (Fsp3) is 0.235. The van der Waals surface area contributed by atoms with Crippen LogP contribution in [0.2, 0.25) is 0 Å². The molecule has 0 spiro atoms. The van der Waals surface area contributed by atoms with Crippen molar-refractivity contribution in [1.29, 1.82) is 0 Å². The van der Waals surface area contributed by atoms with Gasteiger partial charge < -0.3 is 9.84 Å². The average molecular weight is 302 g/mol. The molecule has 21 heavy (non-hydrogen) atoms. The van der Waals surface area contributed by atoms with Gasteiger partial charge in [0.15, 0.2) is 6.10 Å². The van der Waals surface area contributed by atoms with Crippen LogP contribution >= 0.6 is 11.8 Å². The molecule has 0 heterocycles. The molecular formula is C17H18O3S. The molecule has 0 unspecified atom stereocenters. The summed E-state index contributed by atoms with van der Waals surface area (Å²) in [7, 11) is 0. The van der Waals surface area contributed by atoms with Crippen molar-refractivity contribution in [2.24, 2.45) is 0 Å². The van der Waals surface area contributed by atoms with E-state index in [1.54, 1.807) is 6.92 Å². The molecule has 0 fully saturated rings. The maximum absolute atomic E-state index is 11.9. The highest BCUT2D eigenvalue weighted by Gasteiger charge is 2.29. The Morgan fingerprint density at radius 1 is 1.10 bits per heavy atom. The lowest BCUT2D eigenvalue weighted by Gasteiger charge is -2.21. The predicted molar refractivity (Wildman–Crippen MR) is 84.1 cm³/mol. The van der Waals surface area contributed by atoms with E-state index in [1.165, 1.54) is 11.8 Å². The third-order valence-electron chi connectivity index (χ3n) is 2.95. The number of carbonyl (C=O) groups excluding carboxylic acids is 1. The summed E-state index contributed by atoms with van der Waals surface area (Å²) in [5.41, 5.74) is 0.895. The van der Waals surface area contributed by atoms with Crippen molar-refractivity contribution in [2.75, 3.05) is 6.61 Å². The second-order valence-corrected chi connectivity index (χ2v) is 5.67. The van der Waals surface area contributed by atoms with Gasteiger partial charge >= 0.3 is 5.97 Å². The fourth-order valence-corrected chi connectivity index (χ4v) is 3.10. The van der Waals surface area contributed by atoms with Gasteiger partial charge in [-0.15, -0.1) is 11.8 Å². The van der Waals surface area contributed by atoms with Gasteiger partial charge in [0.05, 0.1) is 11.9 Å². The Kier molecular flexibility index (Phi) is 5.84. The lowest BCUT2D eigenvalue weighted by molar-refractivity contribution is -0.153. The molecule has 0 bridgehead atoms. The lowest BCUT2D eigenvalue weighted by Crippen LogP contribution is -2.28. The average Bonchev–Trinajstić information content (AvgIpc) is 2.54. The number of hydrogen-bond acceptors (Lipinski definition) is 4. The van der Waals surface area contributed by atoms with E-state index >= 15 is 0 Å². The van der Waals surface area contributed by atoms with Crippen LogP contribution in [0, 0.1) is 0 Å². The molecule has 2 aromatic carbocycles. The first-order valence-electron chi connectivity index (χ1n) is 6.83. The van der Waals surface area contributed by atoms with E-state index in [4.69, 9.17) is 4.74 Å². The zero-order valence-electron chi connectivity index (χ0n) is 11.8. The van der Waals surface area contributed by atoms with Crippen molar-refractivity contribution in [3.63, 3.8) is 0 Å². The van der Waals surface area contributed by atoms with E-state index in [9.17, 15) is 9.90 Å². The summed E-state index contributed by atoms with van der Waals surface area (Å²) in [6.07, 6.45) is -1.20. The van der Waals surface area contributed by atoms with Crippen LogP contribution in [0.15, 0.2) is 65.6 Å². The summed E-state index contributed by atoms with van der Waals surface area (Å²) in [6.45, 7) is 1.99. The number of hydrogen-bond donors (Lipinski definition) is 1. The van der Waals surface area contributed by atoms with Crippen LogP contribution in [0.3, 0.4) is 0 Å². The predicted octanol–water partition coefficient (Wildman–Crippen LogP) is 3.44. The molecule has 2 aromatic rings. The van der Waals surface area contributed by atoms with Crippen molar-refractivity contribution in [3.8, 4) is 0 Å². The number of aliphatic hydroxyl groups excluding tert-OH is 1. The van der Waals surface area contributed by atoms with Crippen molar-refractivity contribution in [3.05, 3.63) is 66.2 Å². The van der Waals surface area contributed by atoms with Crippen LogP contribution in [-0.2, 0) is 9.53 Å². The fourth-order valence-electron chi connectivity index (χ4n) is 1.95. The van der Waals surface area contributed by atoms with Gasteiger partial charge in [0.25, 0.3) is 0 Å². The number of aliphatic hydroxyl groups is 1. The van der Waals surface area contributed by atoms with Gasteiger partial charge in [-0.05, 0) is 24.6 Å². The minimum atomic E-state index is -1.20. The molecule has 2 rings (SSSR count). The van der Waals surface area contributed by atoms with Gasteiger partial charge in [0.1, 0.15) is 0 Å². The van der Waals surface area contributed by atoms with Gasteiger partial charge in [-0.25, -0.2) is 4.79 Å². The van der Waals surface area contributed by atoms with E-state index in [0.717, 1.165) is 10.5 Å². The highest BCUT2D eigenvalue weighted by Crippen LogP contribution is 2.38. The Labute approximate surface area is 129 Å². The topological polar surface area (TPSA) is 46.5 Å². The molecule has 0 amide bonds. The van der Waals surface area contributed by atoms with E-state index < -0.39 is 17.3 Å². The second kappa shape index (κ2) is 7.86. The third-order valence-corrected chi connectivity index (χ3v) is 4.28. The van der Waals surface area contributed by atoms with Crippen LogP contribution in [0.25, 0.3) is 0 Å². The van der Waals surface area contributed by atoms with Gasteiger partial charge in [0.2, 0.25) is 0 Å². The quantitative estimate of drug-likeness (QED) is 0.656. The highest BCUT2D eigenvalue weighted by atomic mass is 32.2. The summed E-state index contributed by atoms with van der Waals surface area (Å²) in [5, 5.41) is 9.93. The van der Waals surface area contributed by atoms with Crippen LogP contribution in [0.5, 0.6) is 0 Å². The minimum Gasteiger partial charge on any atom is -0.464 e. The number of benzene rings is 2. The van der Waals surface area contributed by atoms with Crippen LogP contribution < -0.4 is 0 Å². The maximum atomic E-state index is 11.9. The first kappa shape index (κ1) is 15.6. The van der Waals surface area contributed by atoms with Crippen molar-refractivity contribution in [1.82, 2.24) is 0 Å². The molecule has 0 saturated carbocycles. The van der Waals surface area contributed by atoms with E-state index in [-0.39, 0.29) is 6.61 Å². The van der Waals surface area contributed by atoms with E-state index in [0.29, 0.717) is 0 Å². The molecule has 110 valence electrons. The Bertz CT molecular complexity index is 557. The lowest BCUT2D eigenvalue weighted by atomic mass is 10.1. The van der Waals surface area contributed by atoms with Gasteiger partial charge in [-0.3, -0.25) is 0 Å². The molecule has 0 aliphatic rings. The van der Waals surface area contributed by atoms with Crippen molar-refractivity contribution < 1.29 is 14.6 Å².